The third-order valence-electron chi connectivity index (χ3n) is 4.06. The second-order valence-corrected chi connectivity index (χ2v) is 6.10. The molecule has 7 nitrogen and oxygen atoms in total. The van der Waals surface area contributed by atoms with Crippen LogP contribution in [0.4, 0.5) is 28.7 Å². The topological polar surface area (TPSA) is 93.0 Å². The number of aryl methyl sites for hydroxylation is 3. The van der Waals surface area contributed by atoms with Crippen molar-refractivity contribution in [3.05, 3.63) is 75.6 Å². The van der Waals surface area contributed by atoms with E-state index in [4.69, 9.17) is 0 Å². The Morgan fingerprint density at radius 1 is 0.885 bits per heavy atom. The van der Waals surface area contributed by atoms with Gasteiger partial charge in [-0.1, -0.05) is 18.2 Å². The maximum Gasteiger partial charge on any atom is 0.353 e. The second kappa shape index (κ2) is 7.18. The first kappa shape index (κ1) is 17.3. The SMILES string of the molecule is Cc1cccc(Nc2ncnc(Nc3ccc(C)c(C)c3)c2[N+](=O)[O-])c1. The summed E-state index contributed by atoms with van der Waals surface area (Å²) in [7, 11) is 0. The van der Waals surface area contributed by atoms with Gasteiger partial charge in [0.25, 0.3) is 0 Å². The average molecular weight is 349 g/mol. The van der Waals surface area contributed by atoms with Gasteiger partial charge in [0.2, 0.25) is 11.6 Å². The number of nitro groups is 1. The summed E-state index contributed by atoms with van der Waals surface area (Å²) in [4.78, 5) is 19.3. The quantitative estimate of drug-likeness (QED) is 0.508. The zero-order valence-corrected chi connectivity index (χ0v) is 14.8. The number of hydrogen-bond acceptors (Lipinski definition) is 6. The van der Waals surface area contributed by atoms with Crippen LogP contribution >= 0.6 is 0 Å². The third kappa shape index (κ3) is 3.77. The highest BCUT2D eigenvalue weighted by atomic mass is 16.6. The second-order valence-electron chi connectivity index (χ2n) is 6.10. The molecule has 0 saturated heterocycles. The van der Waals surface area contributed by atoms with E-state index in [-0.39, 0.29) is 17.3 Å². The third-order valence-corrected chi connectivity index (χ3v) is 4.06. The zero-order valence-electron chi connectivity index (χ0n) is 14.8. The molecule has 0 spiro atoms. The molecule has 7 heteroatoms. The van der Waals surface area contributed by atoms with E-state index in [1.807, 2.05) is 63.2 Å². The fraction of sp³-hybridized carbons (Fsp3) is 0.158. The van der Waals surface area contributed by atoms with Crippen molar-refractivity contribution in [3.8, 4) is 0 Å². The van der Waals surface area contributed by atoms with Crippen molar-refractivity contribution in [2.75, 3.05) is 10.6 Å². The Hall–Kier alpha value is -3.48. The number of rotatable bonds is 5. The molecular formula is C19H19N5O2. The molecule has 132 valence electrons. The van der Waals surface area contributed by atoms with E-state index in [1.54, 1.807) is 0 Å². The van der Waals surface area contributed by atoms with Crippen molar-refractivity contribution in [3.63, 3.8) is 0 Å². The van der Waals surface area contributed by atoms with E-state index in [1.165, 1.54) is 6.33 Å². The highest BCUT2D eigenvalue weighted by Crippen LogP contribution is 2.33. The number of nitrogens with one attached hydrogen (secondary N) is 2. The first-order valence-corrected chi connectivity index (χ1v) is 8.11. The van der Waals surface area contributed by atoms with Gasteiger partial charge in [0, 0.05) is 11.4 Å². The van der Waals surface area contributed by atoms with Gasteiger partial charge in [0.1, 0.15) is 6.33 Å². The summed E-state index contributed by atoms with van der Waals surface area (Å²) < 4.78 is 0. The summed E-state index contributed by atoms with van der Waals surface area (Å²) in [5.41, 5.74) is 4.53. The standard InChI is InChI=1S/C19H19N5O2/c1-12-5-4-6-15(9-12)22-18-17(24(25)26)19(21-11-20-18)23-16-8-7-13(2)14(3)10-16/h4-11H,1-3H3,(H2,20,21,22,23). The summed E-state index contributed by atoms with van der Waals surface area (Å²) in [6.07, 6.45) is 1.30. The van der Waals surface area contributed by atoms with Gasteiger partial charge >= 0.3 is 5.69 Å². The molecule has 0 bridgehead atoms. The monoisotopic (exact) mass is 349 g/mol. The van der Waals surface area contributed by atoms with Crippen LogP contribution in [0.25, 0.3) is 0 Å². The number of aromatic nitrogens is 2. The smallest absolute Gasteiger partial charge is 0.334 e. The largest absolute Gasteiger partial charge is 0.353 e. The molecule has 0 aliphatic carbocycles. The summed E-state index contributed by atoms with van der Waals surface area (Å²) in [6, 6.07) is 13.3. The summed E-state index contributed by atoms with van der Waals surface area (Å²) >= 11 is 0. The van der Waals surface area contributed by atoms with Crippen LogP contribution in [0.1, 0.15) is 16.7 Å². The molecular weight excluding hydrogens is 330 g/mol. The molecule has 0 atom stereocenters. The van der Waals surface area contributed by atoms with E-state index in [0.717, 1.165) is 28.1 Å². The van der Waals surface area contributed by atoms with Crippen LogP contribution < -0.4 is 10.6 Å². The van der Waals surface area contributed by atoms with Gasteiger partial charge in [0.15, 0.2) is 0 Å². The lowest BCUT2D eigenvalue weighted by molar-refractivity contribution is -0.383. The molecule has 1 aromatic heterocycles. The van der Waals surface area contributed by atoms with Crippen LogP contribution in [0.5, 0.6) is 0 Å². The Kier molecular flexibility index (Phi) is 4.79. The highest BCUT2D eigenvalue weighted by molar-refractivity contribution is 5.77. The van der Waals surface area contributed by atoms with Crippen molar-refractivity contribution in [2.45, 2.75) is 20.8 Å². The highest BCUT2D eigenvalue weighted by Gasteiger charge is 2.23. The van der Waals surface area contributed by atoms with E-state index in [0.29, 0.717) is 0 Å². The Morgan fingerprint density at radius 2 is 1.54 bits per heavy atom. The van der Waals surface area contributed by atoms with Crippen LogP contribution in [0.15, 0.2) is 48.8 Å². The van der Waals surface area contributed by atoms with Gasteiger partial charge in [-0.3, -0.25) is 10.1 Å². The minimum Gasteiger partial charge on any atom is -0.334 e. The molecule has 0 saturated carbocycles. The minimum atomic E-state index is -0.485. The molecule has 0 unspecified atom stereocenters. The van der Waals surface area contributed by atoms with Gasteiger partial charge < -0.3 is 10.6 Å². The first-order chi connectivity index (χ1) is 12.4. The zero-order chi connectivity index (χ0) is 18.7. The van der Waals surface area contributed by atoms with Crippen LogP contribution in [0, 0.1) is 30.9 Å². The van der Waals surface area contributed by atoms with Gasteiger partial charge in [-0.25, -0.2) is 9.97 Å². The number of nitrogens with zero attached hydrogens (tertiary/aromatic N) is 3. The van der Waals surface area contributed by atoms with Crippen molar-refractivity contribution in [1.29, 1.82) is 0 Å². The normalized spacial score (nSPS) is 10.4. The molecule has 2 N–H and O–H groups in total. The molecule has 3 rings (SSSR count). The van der Waals surface area contributed by atoms with E-state index >= 15 is 0 Å². The van der Waals surface area contributed by atoms with E-state index in [2.05, 4.69) is 20.6 Å². The van der Waals surface area contributed by atoms with Gasteiger partial charge in [-0.2, -0.15) is 0 Å². The lowest BCUT2D eigenvalue weighted by Crippen LogP contribution is -2.05. The molecule has 3 aromatic rings. The van der Waals surface area contributed by atoms with Crippen LogP contribution in [0.2, 0.25) is 0 Å². The molecule has 2 aromatic carbocycles. The fourth-order valence-electron chi connectivity index (χ4n) is 2.55. The minimum absolute atomic E-state index is 0.141. The summed E-state index contributed by atoms with van der Waals surface area (Å²) in [6.45, 7) is 5.95. The van der Waals surface area contributed by atoms with Gasteiger partial charge in [-0.15, -0.1) is 0 Å². The summed E-state index contributed by atoms with van der Waals surface area (Å²) in [5.74, 6) is 0.283. The number of hydrogen-bond donors (Lipinski definition) is 2. The molecule has 1 heterocycles. The number of anilines is 4. The predicted molar refractivity (Wildman–Crippen MR) is 102 cm³/mol. The van der Waals surface area contributed by atoms with Crippen LogP contribution in [0.3, 0.4) is 0 Å². The molecule has 0 aliphatic heterocycles. The maximum atomic E-state index is 11.7. The molecule has 0 aliphatic rings. The maximum absolute atomic E-state index is 11.7. The Balaban J connectivity index is 1.98. The van der Waals surface area contributed by atoms with Crippen LogP contribution in [-0.4, -0.2) is 14.9 Å². The van der Waals surface area contributed by atoms with Crippen molar-refractivity contribution < 1.29 is 4.92 Å². The Bertz CT molecular complexity index is 972. The lowest BCUT2D eigenvalue weighted by atomic mass is 10.1. The Labute approximate surface area is 151 Å². The van der Waals surface area contributed by atoms with Crippen LogP contribution in [-0.2, 0) is 0 Å². The first-order valence-electron chi connectivity index (χ1n) is 8.11. The lowest BCUT2D eigenvalue weighted by Gasteiger charge is -2.11. The van der Waals surface area contributed by atoms with Crippen molar-refractivity contribution in [2.24, 2.45) is 0 Å². The van der Waals surface area contributed by atoms with E-state index < -0.39 is 4.92 Å². The number of benzene rings is 2. The fourth-order valence-corrected chi connectivity index (χ4v) is 2.55. The van der Waals surface area contributed by atoms with Crippen molar-refractivity contribution in [1.82, 2.24) is 9.97 Å². The molecule has 0 radical (unpaired) electrons. The van der Waals surface area contributed by atoms with Gasteiger partial charge in [-0.05, 0) is 61.7 Å². The van der Waals surface area contributed by atoms with Crippen molar-refractivity contribution >= 4 is 28.7 Å². The predicted octanol–water partition coefficient (Wildman–Crippen LogP) is 4.80. The Morgan fingerprint density at radius 3 is 2.12 bits per heavy atom. The van der Waals surface area contributed by atoms with E-state index in [9.17, 15) is 10.1 Å². The molecule has 0 amide bonds. The van der Waals surface area contributed by atoms with Gasteiger partial charge in [0.05, 0.1) is 4.92 Å². The summed E-state index contributed by atoms with van der Waals surface area (Å²) in [5, 5.41) is 17.7. The molecule has 26 heavy (non-hydrogen) atoms. The average Bonchev–Trinajstić information content (AvgIpc) is 2.58. The molecule has 0 fully saturated rings.